The Morgan fingerprint density at radius 3 is 2.70 bits per heavy atom. The number of benzene rings is 1. The summed E-state index contributed by atoms with van der Waals surface area (Å²) in [5.41, 5.74) is 1.86. The molecule has 8 heteroatoms. The number of ether oxygens (including phenoxy) is 1. The van der Waals surface area contributed by atoms with Gasteiger partial charge in [-0.1, -0.05) is 0 Å². The molecule has 3 aromatic rings. The number of aromatic nitrogens is 1. The average molecular weight is 427 g/mol. The number of hydrogen-bond acceptors (Lipinski definition) is 5. The molecule has 1 aromatic carbocycles. The van der Waals surface area contributed by atoms with Gasteiger partial charge < -0.3 is 19.9 Å². The first kappa shape index (κ1) is 20.6. The minimum atomic E-state index is -0.247. The van der Waals surface area contributed by atoms with Gasteiger partial charge in [0.15, 0.2) is 0 Å². The Bertz CT molecular complexity index is 1040. The van der Waals surface area contributed by atoms with Crippen molar-refractivity contribution in [2.75, 3.05) is 44.7 Å². The van der Waals surface area contributed by atoms with Crippen LogP contribution >= 0.6 is 11.3 Å². The first-order valence-corrected chi connectivity index (χ1v) is 10.9. The lowest BCUT2D eigenvalue weighted by molar-refractivity contribution is -0.115. The number of nitrogens with zero attached hydrogens (tertiary/aromatic N) is 2. The van der Waals surface area contributed by atoms with Crippen molar-refractivity contribution in [3.05, 3.63) is 52.3 Å². The Hall–Kier alpha value is -2.68. The van der Waals surface area contributed by atoms with Crippen LogP contribution in [-0.4, -0.2) is 60.7 Å². The molecule has 0 aliphatic carbocycles. The average Bonchev–Trinajstić information content (AvgIpc) is 3.37. The Balaban J connectivity index is 1.31. The summed E-state index contributed by atoms with van der Waals surface area (Å²) in [5.74, 6) is -0.473. The number of nitrogens with one attached hydrogen (secondary N) is 2. The smallest absolute Gasteiger partial charge is 0.261 e. The molecular weight excluding hydrogens is 400 g/mol. The van der Waals surface area contributed by atoms with Gasteiger partial charge in [-0.15, -0.1) is 11.3 Å². The molecule has 4 rings (SSSR count). The summed E-state index contributed by atoms with van der Waals surface area (Å²) in [7, 11) is 0. The summed E-state index contributed by atoms with van der Waals surface area (Å²) >= 11 is 1.41. The highest BCUT2D eigenvalue weighted by atomic mass is 32.1. The van der Waals surface area contributed by atoms with E-state index in [0.717, 1.165) is 60.9 Å². The van der Waals surface area contributed by atoms with E-state index in [9.17, 15) is 9.59 Å². The van der Waals surface area contributed by atoms with Gasteiger partial charge in [0.1, 0.15) is 0 Å². The van der Waals surface area contributed by atoms with E-state index < -0.39 is 0 Å². The highest BCUT2D eigenvalue weighted by molar-refractivity contribution is 7.13. The molecule has 1 aliphatic rings. The molecule has 1 saturated heterocycles. The third-order valence-corrected chi connectivity index (χ3v) is 6.19. The lowest BCUT2D eigenvalue weighted by Crippen LogP contribution is -2.38. The zero-order valence-corrected chi connectivity index (χ0v) is 17.8. The van der Waals surface area contributed by atoms with Crippen molar-refractivity contribution in [2.45, 2.75) is 13.5 Å². The van der Waals surface area contributed by atoms with Crippen LogP contribution in [0.25, 0.3) is 10.9 Å². The van der Waals surface area contributed by atoms with Gasteiger partial charge in [0.2, 0.25) is 5.91 Å². The molecule has 158 valence electrons. The molecule has 1 fully saturated rings. The predicted molar refractivity (Wildman–Crippen MR) is 119 cm³/mol. The van der Waals surface area contributed by atoms with Crippen LogP contribution in [0.1, 0.15) is 14.5 Å². The fourth-order valence-corrected chi connectivity index (χ4v) is 4.34. The van der Waals surface area contributed by atoms with Crippen molar-refractivity contribution in [2.24, 2.45) is 0 Å². The standard InChI is InChI=1S/C22H26N4O3S/c1-16-2-5-20(30-16)22(28)23-15-21(27)24-18-3-4-19-17(14-18)6-7-26(19)9-8-25-10-12-29-13-11-25/h2-7,14H,8-13,15H2,1H3,(H,23,28)(H,24,27). The maximum Gasteiger partial charge on any atom is 0.261 e. The topological polar surface area (TPSA) is 75.6 Å². The number of hydrogen-bond donors (Lipinski definition) is 2. The second-order valence-corrected chi connectivity index (χ2v) is 8.67. The molecule has 2 amide bonds. The van der Waals surface area contributed by atoms with E-state index in [1.807, 2.05) is 31.2 Å². The number of rotatable bonds is 7. The van der Waals surface area contributed by atoms with E-state index in [1.54, 1.807) is 6.07 Å². The molecule has 1 aliphatic heterocycles. The Kier molecular flexibility index (Phi) is 6.47. The molecule has 0 spiro atoms. The van der Waals surface area contributed by atoms with E-state index in [0.29, 0.717) is 4.88 Å². The van der Waals surface area contributed by atoms with Crippen molar-refractivity contribution in [1.82, 2.24) is 14.8 Å². The zero-order chi connectivity index (χ0) is 20.9. The maximum absolute atomic E-state index is 12.2. The fraction of sp³-hybridized carbons (Fsp3) is 0.364. The summed E-state index contributed by atoms with van der Waals surface area (Å²) in [5, 5.41) is 6.60. The molecule has 0 bridgehead atoms. The number of morpholine rings is 1. The van der Waals surface area contributed by atoms with E-state index in [2.05, 4.69) is 32.4 Å². The highest BCUT2D eigenvalue weighted by Gasteiger charge is 2.12. The Morgan fingerprint density at radius 1 is 1.10 bits per heavy atom. The third-order valence-electron chi connectivity index (χ3n) is 5.19. The lowest BCUT2D eigenvalue weighted by atomic mass is 10.2. The molecule has 0 saturated carbocycles. The van der Waals surface area contributed by atoms with Gasteiger partial charge in [-0.3, -0.25) is 14.5 Å². The maximum atomic E-state index is 12.2. The summed E-state index contributed by atoms with van der Waals surface area (Å²) in [6.45, 7) is 7.38. The van der Waals surface area contributed by atoms with Crippen LogP contribution in [0.3, 0.4) is 0 Å². The van der Waals surface area contributed by atoms with E-state index in [1.165, 1.54) is 11.3 Å². The van der Waals surface area contributed by atoms with E-state index >= 15 is 0 Å². The largest absolute Gasteiger partial charge is 0.379 e. The number of aryl methyl sites for hydroxylation is 1. The third kappa shape index (κ3) is 5.08. The van der Waals surface area contributed by atoms with Crippen LogP contribution in [0.2, 0.25) is 0 Å². The van der Waals surface area contributed by atoms with Gasteiger partial charge in [0, 0.05) is 53.8 Å². The molecule has 30 heavy (non-hydrogen) atoms. The molecular formula is C22H26N4O3S. The first-order valence-electron chi connectivity index (χ1n) is 10.1. The predicted octanol–water partition coefficient (Wildman–Crippen LogP) is 2.71. The monoisotopic (exact) mass is 426 g/mol. The Morgan fingerprint density at radius 2 is 1.93 bits per heavy atom. The second-order valence-electron chi connectivity index (χ2n) is 7.38. The summed E-state index contributed by atoms with van der Waals surface area (Å²) in [6, 6.07) is 11.6. The van der Waals surface area contributed by atoms with Crippen LogP contribution < -0.4 is 10.6 Å². The lowest BCUT2D eigenvalue weighted by Gasteiger charge is -2.26. The number of carbonyl (C=O) groups is 2. The van der Waals surface area contributed by atoms with Crippen LogP contribution in [0.4, 0.5) is 5.69 Å². The van der Waals surface area contributed by atoms with Crippen LogP contribution in [0.15, 0.2) is 42.6 Å². The van der Waals surface area contributed by atoms with Crippen LogP contribution in [0.5, 0.6) is 0 Å². The quantitative estimate of drug-likeness (QED) is 0.609. The van der Waals surface area contributed by atoms with Gasteiger partial charge in [-0.2, -0.15) is 0 Å². The minimum Gasteiger partial charge on any atom is -0.379 e. The van der Waals surface area contributed by atoms with Crippen molar-refractivity contribution >= 4 is 39.7 Å². The van der Waals surface area contributed by atoms with Crippen molar-refractivity contribution in [3.63, 3.8) is 0 Å². The van der Waals surface area contributed by atoms with Gasteiger partial charge >= 0.3 is 0 Å². The molecule has 0 unspecified atom stereocenters. The number of fused-ring (bicyclic) bond motifs is 1. The van der Waals surface area contributed by atoms with Gasteiger partial charge in [0.25, 0.3) is 5.91 Å². The SMILES string of the molecule is Cc1ccc(C(=O)NCC(=O)Nc2ccc3c(ccn3CCN3CCOCC3)c2)s1. The Labute approximate surface area is 179 Å². The molecule has 2 N–H and O–H groups in total. The van der Waals surface area contributed by atoms with E-state index in [4.69, 9.17) is 4.74 Å². The van der Waals surface area contributed by atoms with Crippen molar-refractivity contribution in [1.29, 1.82) is 0 Å². The summed E-state index contributed by atoms with van der Waals surface area (Å²) < 4.78 is 7.64. The molecule has 0 radical (unpaired) electrons. The summed E-state index contributed by atoms with van der Waals surface area (Å²) in [4.78, 5) is 28.4. The molecule has 0 atom stereocenters. The fourth-order valence-electron chi connectivity index (χ4n) is 3.56. The van der Waals surface area contributed by atoms with Crippen LogP contribution in [0, 0.1) is 6.92 Å². The number of thiophene rings is 1. The summed E-state index contributed by atoms with van der Waals surface area (Å²) in [6.07, 6.45) is 2.08. The van der Waals surface area contributed by atoms with Gasteiger partial charge in [0.05, 0.1) is 24.6 Å². The number of anilines is 1. The molecule has 2 aromatic heterocycles. The van der Waals surface area contributed by atoms with Crippen LogP contribution in [-0.2, 0) is 16.1 Å². The van der Waals surface area contributed by atoms with Gasteiger partial charge in [-0.25, -0.2) is 0 Å². The molecule has 3 heterocycles. The van der Waals surface area contributed by atoms with Crippen molar-refractivity contribution in [3.8, 4) is 0 Å². The number of carbonyl (C=O) groups excluding carboxylic acids is 2. The highest BCUT2D eigenvalue weighted by Crippen LogP contribution is 2.21. The minimum absolute atomic E-state index is 0.0611. The van der Waals surface area contributed by atoms with E-state index in [-0.39, 0.29) is 18.4 Å². The second kappa shape index (κ2) is 9.42. The zero-order valence-electron chi connectivity index (χ0n) is 17.0. The van der Waals surface area contributed by atoms with Gasteiger partial charge in [-0.05, 0) is 43.3 Å². The first-order chi connectivity index (χ1) is 14.6. The normalized spacial score (nSPS) is 14.7. The molecule has 7 nitrogen and oxygen atoms in total. The number of amides is 2. The van der Waals surface area contributed by atoms with Crippen molar-refractivity contribution < 1.29 is 14.3 Å².